The van der Waals surface area contributed by atoms with Gasteiger partial charge < -0.3 is 4.90 Å². The van der Waals surface area contributed by atoms with Gasteiger partial charge in [-0.05, 0) is 41.5 Å². The fourth-order valence-electron chi connectivity index (χ4n) is 2.55. The molecule has 0 aliphatic carbocycles. The first kappa shape index (κ1) is 15.8. The zero-order valence-corrected chi connectivity index (χ0v) is 14.0. The molecule has 7 heteroatoms. The maximum Gasteiger partial charge on any atom is 0.236 e. The van der Waals surface area contributed by atoms with Crippen LogP contribution in [0.4, 0.5) is 11.4 Å². The summed E-state index contributed by atoms with van der Waals surface area (Å²) in [4.78, 5) is 13.2. The van der Waals surface area contributed by atoms with E-state index < -0.39 is 10.0 Å². The van der Waals surface area contributed by atoms with E-state index in [-0.39, 0.29) is 11.7 Å². The molecule has 0 spiro atoms. The molecule has 2 aromatic carbocycles. The van der Waals surface area contributed by atoms with E-state index in [1.165, 1.54) is 0 Å². The number of nitrogens with one attached hydrogen (secondary N) is 1. The Morgan fingerprint density at radius 2 is 1.87 bits per heavy atom. The van der Waals surface area contributed by atoms with Crippen molar-refractivity contribution >= 4 is 38.9 Å². The summed E-state index contributed by atoms with van der Waals surface area (Å²) in [7, 11) is -1.83. The molecule has 0 saturated heterocycles. The van der Waals surface area contributed by atoms with Gasteiger partial charge in [0.2, 0.25) is 15.9 Å². The van der Waals surface area contributed by atoms with Gasteiger partial charge in [0.15, 0.2) is 0 Å². The zero-order valence-electron chi connectivity index (χ0n) is 12.4. The van der Waals surface area contributed by atoms with Crippen molar-refractivity contribution in [1.29, 1.82) is 0 Å². The Kier molecular flexibility index (Phi) is 4.04. The van der Waals surface area contributed by atoms with Crippen LogP contribution < -0.4 is 9.62 Å². The van der Waals surface area contributed by atoms with Gasteiger partial charge in [-0.25, -0.2) is 8.42 Å². The second-order valence-corrected chi connectivity index (χ2v) is 7.62. The molecule has 1 N–H and O–H groups in total. The Morgan fingerprint density at radius 1 is 1.17 bits per heavy atom. The Bertz CT molecular complexity index is 863. The quantitative estimate of drug-likeness (QED) is 0.922. The van der Waals surface area contributed by atoms with Crippen LogP contribution in [-0.4, -0.2) is 21.4 Å². The number of amides is 1. The Balaban J connectivity index is 1.77. The monoisotopic (exact) mass is 350 g/mol. The molecule has 1 aliphatic rings. The van der Waals surface area contributed by atoms with Gasteiger partial charge in [0, 0.05) is 23.4 Å². The van der Waals surface area contributed by atoms with Gasteiger partial charge in [-0.1, -0.05) is 23.7 Å². The molecular formula is C16H15ClN2O3S. The molecule has 1 amide bonds. The van der Waals surface area contributed by atoms with Gasteiger partial charge in [0.25, 0.3) is 0 Å². The fourth-order valence-corrected chi connectivity index (χ4v) is 3.86. The van der Waals surface area contributed by atoms with Crippen LogP contribution in [-0.2, 0) is 27.0 Å². The predicted octanol–water partition coefficient (Wildman–Crippen LogP) is 2.80. The summed E-state index contributed by atoms with van der Waals surface area (Å²) in [6.45, 7) is 0. The summed E-state index contributed by atoms with van der Waals surface area (Å²) < 4.78 is 27.1. The molecule has 0 radical (unpaired) electrons. The third-order valence-corrected chi connectivity index (χ3v) is 5.21. The molecule has 0 fully saturated rings. The van der Waals surface area contributed by atoms with Crippen LogP contribution in [0.2, 0.25) is 5.02 Å². The first-order valence-corrected chi connectivity index (χ1v) is 9.01. The molecule has 120 valence electrons. The number of hydrogen-bond donors (Lipinski definition) is 1. The first-order valence-electron chi connectivity index (χ1n) is 6.98. The third kappa shape index (κ3) is 3.48. The number of hydrogen-bond acceptors (Lipinski definition) is 3. The molecule has 23 heavy (non-hydrogen) atoms. The zero-order chi connectivity index (χ0) is 16.6. The summed E-state index contributed by atoms with van der Waals surface area (Å²) in [5.74, 6) is -0.138. The summed E-state index contributed by atoms with van der Waals surface area (Å²) >= 11 is 5.79. The van der Waals surface area contributed by atoms with Crippen molar-refractivity contribution in [2.24, 2.45) is 0 Å². The maximum absolute atomic E-state index is 12.3. The number of carbonyl (C=O) groups is 1. The number of likely N-dealkylation sites (N-methyl/N-ethyl adjacent to an activating group) is 1. The largest absolute Gasteiger partial charge is 0.315 e. The van der Waals surface area contributed by atoms with Crippen LogP contribution in [0, 0.1) is 0 Å². The second kappa shape index (κ2) is 5.86. The van der Waals surface area contributed by atoms with Crippen molar-refractivity contribution in [3.8, 4) is 0 Å². The van der Waals surface area contributed by atoms with Crippen LogP contribution in [0.3, 0.4) is 0 Å². The smallest absolute Gasteiger partial charge is 0.236 e. The van der Waals surface area contributed by atoms with E-state index in [2.05, 4.69) is 4.72 Å². The molecule has 1 aliphatic heterocycles. The highest BCUT2D eigenvalue weighted by Gasteiger charge is 2.24. The number of sulfonamides is 1. The van der Waals surface area contributed by atoms with Gasteiger partial charge in [0.1, 0.15) is 0 Å². The molecule has 5 nitrogen and oxygen atoms in total. The molecule has 0 saturated carbocycles. The summed E-state index contributed by atoms with van der Waals surface area (Å²) in [6.07, 6.45) is 0.290. The van der Waals surface area contributed by atoms with Crippen LogP contribution in [0.15, 0.2) is 42.5 Å². The lowest BCUT2D eigenvalue weighted by Crippen LogP contribution is -2.20. The molecule has 0 unspecified atom stereocenters. The molecule has 2 aromatic rings. The third-order valence-electron chi connectivity index (χ3n) is 3.70. The topological polar surface area (TPSA) is 66.5 Å². The van der Waals surface area contributed by atoms with E-state index in [1.54, 1.807) is 54.4 Å². The highest BCUT2D eigenvalue weighted by atomic mass is 35.5. The minimum atomic E-state index is -3.54. The lowest BCUT2D eigenvalue weighted by molar-refractivity contribution is -0.117. The predicted molar refractivity (Wildman–Crippen MR) is 91.3 cm³/mol. The first-order chi connectivity index (χ1) is 10.8. The lowest BCUT2D eigenvalue weighted by atomic mass is 10.1. The van der Waals surface area contributed by atoms with E-state index in [4.69, 9.17) is 11.6 Å². The highest BCUT2D eigenvalue weighted by molar-refractivity contribution is 7.91. The number of anilines is 2. The number of carbonyl (C=O) groups excluding carboxylic acids is 1. The number of fused-ring (bicyclic) bond motifs is 1. The van der Waals surface area contributed by atoms with Gasteiger partial charge in [-0.15, -0.1) is 0 Å². The molecule has 3 rings (SSSR count). The number of halogens is 1. The Labute approximate surface area is 139 Å². The minimum absolute atomic E-state index is 0.00108. The van der Waals surface area contributed by atoms with Crippen LogP contribution in [0.1, 0.15) is 11.1 Å². The maximum atomic E-state index is 12.3. The fraction of sp³-hybridized carbons (Fsp3) is 0.188. The summed E-state index contributed by atoms with van der Waals surface area (Å²) in [5.41, 5.74) is 2.75. The van der Waals surface area contributed by atoms with E-state index >= 15 is 0 Å². The van der Waals surface area contributed by atoms with Gasteiger partial charge >= 0.3 is 0 Å². The molecule has 0 aromatic heterocycles. The number of nitrogens with zero attached hydrogens (tertiary/aromatic N) is 1. The SMILES string of the molecule is CN1C(=O)Cc2cc(NS(=O)(=O)Cc3ccc(Cl)cc3)ccc21. The van der Waals surface area contributed by atoms with E-state index in [9.17, 15) is 13.2 Å². The summed E-state index contributed by atoms with van der Waals surface area (Å²) in [6, 6.07) is 11.8. The normalized spacial score (nSPS) is 14.0. The molecule has 0 atom stereocenters. The Morgan fingerprint density at radius 3 is 2.57 bits per heavy atom. The second-order valence-electron chi connectivity index (χ2n) is 5.46. The highest BCUT2D eigenvalue weighted by Crippen LogP contribution is 2.30. The van der Waals surface area contributed by atoms with Gasteiger partial charge in [0.05, 0.1) is 12.2 Å². The molecular weight excluding hydrogens is 336 g/mol. The molecule has 0 bridgehead atoms. The Hall–Kier alpha value is -2.05. The van der Waals surface area contributed by atoms with Crippen molar-refractivity contribution in [2.75, 3.05) is 16.7 Å². The van der Waals surface area contributed by atoms with E-state index in [0.717, 1.165) is 11.3 Å². The van der Waals surface area contributed by atoms with Crippen molar-refractivity contribution in [3.05, 3.63) is 58.6 Å². The number of benzene rings is 2. The standard InChI is InChI=1S/C16H15ClN2O3S/c1-19-15-7-6-14(8-12(15)9-16(19)20)18-23(21,22)10-11-2-4-13(17)5-3-11/h2-8,18H,9-10H2,1H3. The van der Waals surface area contributed by atoms with Crippen molar-refractivity contribution in [1.82, 2.24) is 0 Å². The van der Waals surface area contributed by atoms with Crippen LogP contribution in [0.5, 0.6) is 0 Å². The number of rotatable bonds is 4. The van der Waals surface area contributed by atoms with Crippen LogP contribution >= 0.6 is 11.6 Å². The van der Waals surface area contributed by atoms with Crippen molar-refractivity contribution in [2.45, 2.75) is 12.2 Å². The van der Waals surface area contributed by atoms with Gasteiger partial charge in [-0.2, -0.15) is 0 Å². The molecule has 1 heterocycles. The average molecular weight is 351 g/mol. The van der Waals surface area contributed by atoms with E-state index in [1.807, 2.05) is 0 Å². The van der Waals surface area contributed by atoms with Crippen LogP contribution in [0.25, 0.3) is 0 Å². The van der Waals surface area contributed by atoms with Gasteiger partial charge in [-0.3, -0.25) is 9.52 Å². The summed E-state index contributed by atoms with van der Waals surface area (Å²) in [5, 5.41) is 0.562. The minimum Gasteiger partial charge on any atom is -0.315 e. The average Bonchev–Trinajstić information content (AvgIpc) is 2.75. The van der Waals surface area contributed by atoms with Crippen molar-refractivity contribution in [3.63, 3.8) is 0 Å². The van der Waals surface area contributed by atoms with E-state index in [0.29, 0.717) is 22.7 Å². The van der Waals surface area contributed by atoms with Crippen molar-refractivity contribution < 1.29 is 13.2 Å². The lowest BCUT2D eigenvalue weighted by Gasteiger charge is -2.12.